The van der Waals surface area contributed by atoms with Gasteiger partial charge in [-0.15, -0.1) is 0 Å². The maximum absolute atomic E-state index is 12.9. The number of fused-ring (bicyclic) bond motifs is 5. The molecule has 4 rings (SSSR count). The van der Waals surface area contributed by atoms with E-state index in [0.717, 1.165) is 5.56 Å². The number of carbonyl (C=O) groups is 3. The van der Waals surface area contributed by atoms with Gasteiger partial charge in [0.25, 0.3) is 5.56 Å². The largest absolute Gasteiger partial charge is 0.469 e. The van der Waals surface area contributed by atoms with Gasteiger partial charge in [0.15, 0.2) is 5.78 Å². The number of nitrogens with one attached hydrogen (secondary N) is 1. The van der Waals surface area contributed by atoms with Gasteiger partial charge in [0.05, 0.1) is 23.8 Å². The second-order valence-corrected chi connectivity index (χ2v) is 6.52. The number of ketones is 1. The van der Waals surface area contributed by atoms with E-state index in [1.54, 1.807) is 31.3 Å². The Morgan fingerprint density at radius 2 is 1.75 bits per heavy atom. The number of anilines is 1. The zero-order valence-electron chi connectivity index (χ0n) is 15.2. The summed E-state index contributed by atoms with van der Waals surface area (Å²) in [7, 11) is 2.82. The third-order valence-electron chi connectivity index (χ3n) is 4.87. The van der Waals surface area contributed by atoms with Crippen molar-refractivity contribution in [3.05, 3.63) is 63.9 Å². The lowest BCUT2D eigenvalue weighted by Gasteiger charge is -2.12. The summed E-state index contributed by atoms with van der Waals surface area (Å²) in [6.07, 6.45) is -0.426. The van der Waals surface area contributed by atoms with Crippen LogP contribution in [0.3, 0.4) is 0 Å². The van der Waals surface area contributed by atoms with Crippen molar-refractivity contribution in [2.75, 3.05) is 12.4 Å². The van der Waals surface area contributed by atoms with E-state index in [1.165, 1.54) is 17.7 Å². The first-order chi connectivity index (χ1) is 13.4. The standard InChI is InChI=1S/C21H16N2O5/c1-23-19-13-5-3-4-6-14(13)20(26)18(19)12-8-7-11(9-15(12)21(23)27)22-16(24)10-17(25)28-2/h3-9H,10H2,1-2H3,(H,22,24). The molecule has 7 nitrogen and oxygen atoms in total. The number of esters is 1. The predicted octanol–water partition coefficient (Wildman–Crippen LogP) is 2.25. The van der Waals surface area contributed by atoms with Crippen molar-refractivity contribution in [3.63, 3.8) is 0 Å². The molecule has 2 aromatic carbocycles. The number of aromatic nitrogens is 1. The van der Waals surface area contributed by atoms with E-state index in [9.17, 15) is 19.2 Å². The monoisotopic (exact) mass is 376 g/mol. The van der Waals surface area contributed by atoms with E-state index in [4.69, 9.17) is 0 Å². The van der Waals surface area contributed by atoms with Crippen molar-refractivity contribution in [2.24, 2.45) is 7.05 Å². The number of hydrogen-bond acceptors (Lipinski definition) is 5. The van der Waals surface area contributed by atoms with E-state index >= 15 is 0 Å². The molecular weight excluding hydrogens is 360 g/mol. The summed E-state index contributed by atoms with van der Waals surface area (Å²) in [5.74, 6) is -1.34. The van der Waals surface area contributed by atoms with Crippen LogP contribution in [0.15, 0.2) is 47.3 Å². The zero-order chi connectivity index (χ0) is 20.0. The molecular formula is C21H16N2O5. The molecule has 0 saturated carbocycles. The minimum absolute atomic E-state index is 0.131. The van der Waals surface area contributed by atoms with Gasteiger partial charge in [-0.1, -0.05) is 30.3 Å². The molecule has 0 atom stereocenters. The lowest BCUT2D eigenvalue weighted by Crippen LogP contribution is -2.21. The Labute approximate surface area is 159 Å². The first-order valence-electron chi connectivity index (χ1n) is 8.60. The molecule has 0 unspecified atom stereocenters. The summed E-state index contributed by atoms with van der Waals surface area (Å²) in [4.78, 5) is 49.0. The van der Waals surface area contributed by atoms with Gasteiger partial charge < -0.3 is 14.6 Å². The lowest BCUT2D eigenvalue weighted by molar-refractivity contribution is -0.142. The Balaban J connectivity index is 1.84. The van der Waals surface area contributed by atoms with E-state index in [0.29, 0.717) is 33.3 Å². The van der Waals surface area contributed by atoms with Gasteiger partial charge in [0, 0.05) is 29.2 Å². The van der Waals surface area contributed by atoms with Crippen LogP contribution >= 0.6 is 0 Å². The molecule has 1 aromatic heterocycles. The van der Waals surface area contributed by atoms with Crippen molar-refractivity contribution >= 4 is 34.1 Å². The highest BCUT2D eigenvalue weighted by molar-refractivity contribution is 6.26. The maximum Gasteiger partial charge on any atom is 0.315 e. The molecule has 7 heteroatoms. The van der Waals surface area contributed by atoms with Crippen LogP contribution in [0.2, 0.25) is 0 Å². The fraction of sp³-hybridized carbons (Fsp3) is 0.143. The molecule has 140 valence electrons. The predicted molar refractivity (Wildman–Crippen MR) is 103 cm³/mol. The van der Waals surface area contributed by atoms with E-state index < -0.39 is 18.3 Å². The van der Waals surface area contributed by atoms with Crippen molar-refractivity contribution in [2.45, 2.75) is 6.42 Å². The van der Waals surface area contributed by atoms with Crippen LogP contribution < -0.4 is 10.9 Å². The summed E-state index contributed by atoms with van der Waals surface area (Å²) in [5, 5.41) is 3.42. The van der Waals surface area contributed by atoms with Crippen LogP contribution in [0.1, 0.15) is 22.3 Å². The second kappa shape index (κ2) is 6.45. The maximum atomic E-state index is 12.9. The molecule has 1 amide bonds. The molecule has 1 aliphatic carbocycles. The van der Waals surface area contributed by atoms with Crippen LogP contribution in [0.25, 0.3) is 22.0 Å². The molecule has 1 N–H and O–H groups in total. The molecule has 0 radical (unpaired) electrons. The van der Waals surface area contributed by atoms with Crippen LogP contribution in [0, 0.1) is 0 Å². The molecule has 0 bridgehead atoms. The fourth-order valence-corrected chi connectivity index (χ4v) is 3.57. The zero-order valence-corrected chi connectivity index (χ0v) is 15.2. The van der Waals surface area contributed by atoms with Gasteiger partial charge in [-0.2, -0.15) is 0 Å². The highest BCUT2D eigenvalue weighted by atomic mass is 16.5. The smallest absolute Gasteiger partial charge is 0.315 e. The average molecular weight is 376 g/mol. The highest BCUT2D eigenvalue weighted by Gasteiger charge is 2.31. The third-order valence-corrected chi connectivity index (χ3v) is 4.87. The van der Waals surface area contributed by atoms with Crippen molar-refractivity contribution < 1.29 is 19.1 Å². The van der Waals surface area contributed by atoms with Crippen molar-refractivity contribution in [1.82, 2.24) is 4.57 Å². The van der Waals surface area contributed by atoms with Crippen LogP contribution in [-0.4, -0.2) is 29.3 Å². The molecule has 0 fully saturated rings. The molecule has 0 spiro atoms. The minimum Gasteiger partial charge on any atom is -0.469 e. The normalized spacial score (nSPS) is 11.9. The number of benzene rings is 2. The Hall–Kier alpha value is -3.74. The van der Waals surface area contributed by atoms with E-state index in [2.05, 4.69) is 10.1 Å². The average Bonchev–Trinajstić information content (AvgIpc) is 2.99. The minimum atomic E-state index is -0.657. The van der Waals surface area contributed by atoms with Crippen LogP contribution in [0.4, 0.5) is 5.69 Å². The van der Waals surface area contributed by atoms with Crippen LogP contribution in [-0.2, 0) is 21.4 Å². The summed E-state index contributed by atoms with van der Waals surface area (Å²) in [5.41, 5.74) is 2.46. The first-order valence-corrected chi connectivity index (χ1v) is 8.60. The number of ether oxygens (including phenoxy) is 1. The molecule has 0 saturated heterocycles. The number of methoxy groups -OCH3 is 1. The van der Waals surface area contributed by atoms with Gasteiger partial charge in [-0.05, 0) is 12.1 Å². The molecule has 3 aromatic rings. The van der Waals surface area contributed by atoms with E-state index in [-0.39, 0.29) is 11.3 Å². The number of carbonyl (C=O) groups excluding carboxylic acids is 3. The van der Waals surface area contributed by atoms with Gasteiger partial charge in [-0.3, -0.25) is 19.2 Å². The van der Waals surface area contributed by atoms with Crippen molar-refractivity contribution in [3.8, 4) is 11.3 Å². The molecule has 28 heavy (non-hydrogen) atoms. The first kappa shape index (κ1) is 17.7. The van der Waals surface area contributed by atoms with Gasteiger partial charge in [0.2, 0.25) is 5.91 Å². The third kappa shape index (κ3) is 2.60. The van der Waals surface area contributed by atoms with Crippen molar-refractivity contribution in [1.29, 1.82) is 0 Å². The summed E-state index contributed by atoms with van der Waals surface area (Å²) >= 11 is 0. The Morgan fingerprint density at radius 1 is 1.04 bits per heavy atom. The molecule has 1 aliphatic rings. The van der Waals surface area contributed by atoms with Gasteiger partial charge in [0.1, 0.15) is 6.42 Å². The molecule has 0 aliphatic heterocycles. The topological polar surface area (TPSA) is 94.5 Å². The van der Waals surface area contributed by atoms with E-state index in [1.807, 2.05) is 12.1 Å². The quantitative estimate of drug-likeness (QED) is 0.437. The number of nitrogens with zero attached hydrogens (tertiary/aromatic N) is 1. The van der Waals surface area contributed by atoms with Crippen LogP contribution in [0.5, 0.6) is 0 Å². The number of amides is 1. The Morgan fingerprint density at radius 3 is 2.46 bits per heavy atom. The number of hydrogen-bond donors (Lipinski definition) is 1. The highest BCUT2D eigenvalue weighted by Crippen LogP contribution is 2.39. The van der Waals surface area contributed by atoms with Gasteiger partial charge in [-0.25, -0.2) is 0 Å². The summed E-state index contributed by atoms with van der Waals surface area (Å²) < 4.78 is 5.93. The Kier molecular flexibility index (Phi) is 4.07. The molecule has 1 heterocycles. The summed E-state index contributed by atoms with van der Waals surface area (Å²) in [6, 6.07) is 12.0. The van der Waals surface area contributed by atoms with Gasteiger partial charge >= 0.3 is 5.97 Å². The number of rotatable bonds is 3. The summed E-state index contributed by atoms with van der Waals surface area (Å²) in [6.45, 7) is 0. The SMILES string of the molecule is COC(=O)CC(=O)Nc1ccc2c3c(n(C)c(=O)c2c1)-c1ccccc1C3=O. The lowest BCUT2D eigenvalue weighted by atomic mass is 10.0. The fourth-order valence-electron chi connectivity index (χ4n) is 3.57. The Bertz CT molecular complexity index is 1240. The number of pyridine rings is 1. The second-order valence-electron chi connectivity index (χ2n) is 6.52.